The molecule has 7 nitrogen and oxygen atoms in total. The fourth-order valence-corrected chi connectivity index (χ4v) is 3.45. The van der Waals surface area contributed by atoms with Gasteiger partial charge in [0.15, 0.2) is 5.76 Å². The number of methoxy groups -OCH3 is 1. The van der Waals surface area contributed by atoms with Gasteiger partial charge < -0.3 is 24.6 Å². The van der Waals surface area contributed by atoms with E-state index in [1.165, 1.54) is 13.2 Å². The molecular weight excluding hydrogens is 394 g/mol. The summed E-state index contributed by atoms with van der Waals surface area (Å²) in [6, 6.07) is 12.7. The fourth-order valence-electron chi connectivity index (χ4n) is 3.18. The summed E-state index contributed by atoms with van der Waals surface area (Å²) >= 11 is 6.47. The molecule has 1 aliphatic rings. The average Bonchev–Trinajstić information content (AvgIpc) is 3.30. The minimum Gasteiger partial charge on any atom is -0.504 e. The van der Waals surface area contributed by atoms with Gasteiger partial charge in [0.25, 0.3) is 11.8 Å². The predicted molar refractivity (Wildman–Crippen MR) is 112 cm³/mol. The smallest absolute Gasteiger partial charge is 0.260 e. The largest absolute Gasteiger partial charge is 0.504 e. The molecular formula is C21H18ClN3O4. The molecule has 1 amide bonds. The number of halogens is 1. The first-order valence-electron chi connectivity index (χ1n) is 8.76. The van der Waals surface area contributed by atoms with Crippen LogP contribution in [0.1, 0.15) is 11.3 Å². The van der Waals surface area contributed by atoms with E-state index >= 15 is 0 Å². The van der Waals surface area contributed by atoms with Gasteiger partial charge in [0.05, 0.1) is 29.5 Å². The Bertz CT molecular complexity index is 1130. The molecule has 0 atom stereocenters. The van der Waals surface area contributed by atoms with Crippen LogP contribution in [0.15, 0.2) is 47.0 Å². The Kier molecular flexibility index (Phi) is 4.68. The highest BCUT2D eigenvalue weighted by Crippen LogP contribution is 2.42. The number of anilines is 2. The van der Waals surface area contributed by atoms with E-state index in [1.807, 2.05) is 43.3 Å². The predicted octanol–water partition coefficient (Wildman–Crippen LogP) is 4.45. The van der Waals surface area contributed by atoms with Crippen LogP contribution in [0.25, 0.3) is 22.5 Å². The second kappa shape index (κ2) is 7.18. The molecule has 0 spiro atoms. The molecule has 8 heteroatoms. The van der Waals surface area contributed by atoms with E-state index in [9.17, 15) is 9.90 Å². The third-order valence-corrected chi connectivity index (χ3v) is 5.03. The van der Waals surface area contributed by atoms with Crippen molar-refractivity contribution in [1.29, 1.82) is 0 Å². The van der Waals surface area contributed by atoms with Crippen LogP contribution in [-0.4, -0.2) is 37.4 Å². The molecule has 2 aromatic carbocycles. The summed E-state index contributed by atoms with van der Waals surface area (Å²) in [4.78, 5) is 14.5. The van der Waals surface area contributed by atoms with Gasteiger partial charge in [0.1, 0.15) is 0 Å². The zero-order chi connectivity index (χ0) is 20.7. The molecule has 0 unspecified atom stereocenters. The first kappa shape index (κ1) is 18.9. The molecule has 0 radical (unpaired) electrons. The summed E-state index contributed by atoms with van der Waals surface area (Å²) in [7, 11) is 5.36. The van der Waals surface area contributed by atoms with Crippen molar-refractivity contribution in [2.24, 2.45) is 0 Å². The number of fused-ring (bicyclic) bond motifs is 1. The topological polar surface area (TPSA) is 87.8 Å². The van der Waals surface area contributed by atoms with E-state index in [1.54, 1.807) is 12.1 Å². The third-order valence-electron chi connectivity index (χ3n) is 4.71. The van der Waals surface area contributed by atoms with Crippen LogP contribution in [0.2, 0.25) is 5.02 Å². The molecule has 2 N–H and O–H groups in total. The normalized spacial score (nSPS) is 14.4. The summed E-state index contributed by atoms with van der Waals surface area (Å²) in [6.07, 6.45) is 0. The monoisotopic (exact) mass is 411 g/mol. The fraction of sp³-hybridized carbons (Fsp3) is 0.143. The SMILES string of the molecule is COc1cc(/C(O)=C2\C(=O)Nc3cc(Cl)c(-c4ccc(N(C)C)cc4)cc32)on1. The molecule has 0 bridgehead atoms. The highest BCUT2D eigenvalue weighted by Gasteiger charge is 2.31. The van der Waals surface area contributed by atoms with Gasteiger partial charge in [-0.1, -0.05) is 23.7 Å². The van der Waals surface area contributed by atoms with Crippen LogP contribution < -0.4 is 15.0 Å². The van der Waals surface area contributed by atoms with E-state index in [2.05, 4.69) is 10.5 Å². The van der Waals surface area contributed by atoms with Crippen LogP contribution >= 0.6 is 11.6 Å². The van der Waals surface area contributed by atoms with Gasteiger partial charge in [0, 0.05) is 30.9 Å². The Morgan fingerprint density at radius 1 is 1.17 bits per heavy atom. The lowest BCUT2D eigenvalue weighted by Crippen LogP contribution is -2.07. The lowest BCUT2D eigenvalue weighted by atomic mass is 9.98. The first-order chi connectivity index (χ1) is 13.9. The molecule has 0 fully saturated rings. The zero-order valence-corrected chi connectivity index (χ0v) is 16.7. The van der Waals surface area contributed by atoms with Crippen LogP contribution in [-0.2, 0) is 4.79 Å². The highest BCUT2D eigenvalue weighted by atomic mass is 35.5. The van der Waals surface area contributed by atoms with Crippen LogP contribution in [0.4, 0.5) is 11.4 Å². The Hall–Kier alpha value is -3.45. The molecule has 1 aliphatic heterocycles. The van der Waals surface area contributed by atoms with Gasteiger partial charge in [-0.15, -0.1) is 0 Å². The number of carbonyl (C=O) groups excluding carboxylic acids is 1. The lowest BCUT2D eigenvalue weighted by molar-refractivity contribution is -0.110. The van der Waals surface area contributed by atoms with Crippen LogP contribution in [0, 0.1) is 0 Å². The quantitative estimate of drug-likeness (QED) is 0.487. The number of ether oxygens (including phenoxy) is 1. The second-order valence-corrected chi connectivity index (χ2v) is 7.14. The number of aliphatic hydroxyl groups excluding tert-OH is 1. The summed E-state index contributed by atoms with van der Waals surface area (Å²) in [5.74, 6) is -0.549. The molecule has 0 saturated carbocycles. The summed E-state index contributed by atoms with van der Waals surface area (Å²) in [5.41, 5.74) is 3.82. The standard InChI is InChI=1S/C21H18ClN3O4/c1-25(2)12-6-4-11(5-7-12)13-8-14-16(9-15(13)22)23-21(27)19(14)20(26)17-10-18(28-3)24-29-17/h4-10,26H,1-3H3,(H,23,27)/b20-19+. The van der Waals surface area contributed by atoms with Crippen molar-refractivity contribution in [2.75, 3.05) is 31.4 Å². The number of nitrogens with one attached hydrogen (secondary N) is 1. The van der Waals surface area contributed by atoms with Crippen LogP contribution in [0.5, 0.6) is 5.88 Å². The molecule has 0 aliphatic carbocycles. The van der Waals surface area contributed by atoms with Gasteiger partial charge in [-0.05, 0) is 35.0 Å². The second-order valence-electron chi connectivity index (χ2n) is 6.73. The summed E-state index contributed by atoms with van der Waals surface area (Å²) in [5, 5.41) is 17.5. The van der Waals surface area contributed by atoms with Crippen molar-refractivity contribution in [3.8, 4) is 17.0 Å². The van der Waals surface area contributed by atoms with E-state index in [0.29, 0.717) is 16.3 Å². The van der Waals surface area contributed by atoms with Crippen molar-refractivity contribution >= 4 is 40.2 Å². The molecule has 0 saturated heterocycles. The zero-order valence-electron chi connectivity index (χ0n) is 16.0. The maximum atomic E-state index is 12.5. The maximum Gasteiger partial charge on any atom is 0.260 e. The molecule has 3 aromatic rings. The van der Waals surface area contributed by atoms with Crippen molar-refractivity contribution < 1.29 is 19.2 Å². The number of benzene rings is 2. The van der Waals surface area contributed by atoms with Crippen molar-refractivity contribution in [1.82, 2.24) is 5.16 Å². The van der Waals surface area contributed by atoms with Gasteiger partial charge in [-0.25, -0.2) is 0 Å². The number of hydrogen-bond acceptors (Lipinski definition) is 6. The molecule has 1 aromatic heterocycles. The number of aromatic nitrogens is 1. The van der Waals surface area contributed by atoms with Gasteiger partial charge in [-0.2, -0.15) is 0 Å². The Morgan fingerprint density at radius 3 is 2.52 bits per heavy atom. The summed E-state index contributed by atoms with van der Waals surface area (Å²) < 4.78 is 10.0. The van der Waals surface area contributed by atoms with Gasteiger partial charge >= 0.3 is 0 Å². The van der Waals surface area contributed by atoms with Gasteiger partial charge in [-0.3, -0.25) is 4.79 Å². The highest BCUT2D eigenvalue weighted by molar-refractivity contribution is 6.38. The van der Waals surface area contributed by atoms with Crippen molar-refractivity contribution in [3.63, 3.8) is 0 Å². The van der Waals surface area contributed by atoms with E-state index in [0.717, 1.165) is 16.8 Å². The molecule has 148 valence electrons. The number of hydrogen-bond donors (Lipinski definition) is 2. The molecule has 2 heterocycles. The van der Waals surface area contributed by atoms with Crippen LogP contribution in [0.3, 0.4) is 0 Å². The van der Waals surface area contributed by atoms with E-state index in [-0.39, 0.29) is 23.0 Å². The Morgan fingerprint density at radius 2 is 1.90 bits per heavy atom. The number of aliphatic hydroxyl groups is 1. The average molecular weight is 412 g/mol. The van der Waals surface area contributed by atoms with Crippen molar-refractivity contribution in [3.05, 3.63) is 58.8 Å². The minimum atomic E-state index is -0.455. The Labute approximate surface area is 172 Å². The number of nitrogens with zero attached hydrogens (tertiary/aromatic N) is 2. The first-order valence-corrected chi connectivity index (χ1v) is 9.14. The number of amides is 1. The lowest BCUT2D eigenvalue weighted by Gasteiger charge is -2.14. The summed E-state index contributed by atoms with van der Waals surface area (Å²) in [6.45, 7) is 0. The maximum absolute atomic E-state index is 12.5. The Balaban J connectivity index is 1.82. The molecule has 29 heavy (non-hydrogen) atoms. The number of rotatable bonds is 4. The minimum absolute atomic E-state index is 0.0340. The van der Waals surface area contributed by atoms with Crippen molar-refractivity contribution in [2.45, 2.75) is 0 Å². The third kappa shape index (κ3) is 3.30. The number of carbonyl (C=O) groups is 1. The van der Waals surface area contributed by atoms with E-state index < -0.39 is 5.91 Å². The van der Waals surface area contributed by atoms with E-state index in [4.69, 9.17) is 20.9 Å². The van der Waals surface area contributed by atoms with Gasteiger partial charge in [0.2, 0.25) is 5.76 Å². The molecule has 4 rings (SSSR count).